The summed E-state index contributed by atoms with van der Waals surface area (Å²) in [5.41, 5.74) is 2.80. The number of hydrogen-bond acceptors (Lipinski definition) is 5. The second-order valence-electron chi connectivity index (χ2n) is 5.48. The second-order valence-corrected chi connectivity index (χ2v) is 5.48. The maximum Gasteiger partial charge on any atom is 0.269 e. The molecule has 24 heavy (non-hydrogen) atoms. The van der Waals surface area contributed by atoms with Gasteiger partial charge in [-0.3, -0.25) is 0 Å². The van der Waals surface area contributed by atoms with Gasteiger partial charge in [0.05, 0.1) is 18.9 Å². The number of rotatable bonds is 3. The number of benzene rings is 2. The van der Waals surface area contributed by atoms with E-state index in [1.54, 1.807) is 23.9 Å². The molecule has 0 saturated carbocycles. The number of halogens is 1. The lowest BCUT2D eigenvalue weighted by molar-refractivity contribution is 0.415. The Morgan fingerprint density at radius 1 is 1.08 bits per heavy atom. The fourth-order valence-electron chi connectivity index (χ4n) is 2.81. The number of tetrazole rings is 1. The van der Waals surface area contributed by atoms with Crippen LogP contribution in [0.2, 0.25) is 0 Å². The van der Waals surface area contributed by atoms with Gasteiger partial charge < -0.3 is 4.74 Å². The molecule has 1 aliphatic heterocycles. The fourth-order valence-corrected chi connectivity index (χ4v) is 2.81. The highest BCUT2D eigenvalue weighted by Crippen LogP contribution is 2.32. The van der Waals surface area contributed by atoms with Crippen molar-refractivity contribution >= 4 is 11.7 Å². The molecule has 0 spiro atoms. The molecular weight excluding hydrogens is 309 g/mol. The Morgan fingerprint density at radius 2 is 1.83 bits per heavy atom. The van der Waals surface area contributed by atoms with Gasteiger partial charge in [-0.1, -0.05) is 17.2 Å². The standard InChI is InChI=1S/C17H14FN5O/c1-24-14-8-4-11(5-9-14)15-10-16(12-2-6-13(18)7-3-12)23-17(19-15)20-21-22-23/h2-9,16H,10H2,1H3. The Morgan fingerprint density at radius 3 is 2.54 bits per heavy atom. The third-order valence-corrected chi connectivity index (χ3v) is 4.07. The van der Waals surface area contributed by atoms with Crippen LogP contribution < -0.4 is 4.74 Å². The Hall–Kier alpha value is -3.09. The van der Waals surface area contributed by atoms with Crippen molar-refractivity contribution in [2.45, 2.75) is 12.5 Å². The highest BCUT2D eigenvalue weighted by Gasteiger charge is 2.26. The first-order valence-electron chi connectivity index (χ1n) is 7.50. The van der Waals surface area contributed by atoms with Gasteiger partial charge in [0, 0.05) is 6.42 Å². The molecule has 0 bridgehead atoms. The van der Waals surface area contributed by atoms with E-state index in [1.165, 1.54) is 12.1 Å². The molecule has 4 rings (SSSR count). The predicted molar refractivity (Wildman–Crippen MR) is 86.2 cm³/mol. The summed E-state index contributed by atoms with van der Waals surface area (Å²) >= 11 is 0. The fraction of sp³-hybridized carbons (Fsp3) is 0.176. The third-order valence-electron chi connectivity index (χ3n) is 4.07. The lowest BCUT2D eigenvalue weighted by atomic mass is 9.96. The van der Waals surface area contributed by atoms with Crippen molar-refractivity contribution in [3.05, 3.63) is 65.5 Å². The summed E-state index contributed by atoms with van der Waals surface area (Å²) in [5.74, 6) is 0.965. The molecule has 7 heteroatoms. The topological polar surface area (TPSA) is 65.2 Å². The molecular formula is C17H14FN5O. The largest absolute Gasteiger partial charge is 0.497 e. The van der Waals surface area contributed by atoms with Crippen LogP contribution >= 0.6 is 0 Å². The number of nitrogens with zero attached hydrogens (tertiary/aromatic N) is 5. The van der Waals surface area contributed by atoms with Crippen molar-refractivity contribution in [2.75, 3.05) is 7.11 Å². The molecule has 3 aromatic rings. The molecule has 1 atom stereocenters. The van der Waals surface area contributed by atoms with Gasteiger partial charge in [-0.05, 0) is 58.0 Å². The van der Waals surface area contributed by atoms with Crippen molar-refractivity contribution in [3.63, 3.8) is 0 Å². The van der Waals surface area contributed by atoms with E-state index < -0.39 is 0 Å². The van der Waals surface area contributed by atoms with E-state index in [0.29, 0.717) is 12.4 Å². The highest BCUT2D eigenvalue weighted by atomic mass is 19.1. The number of ether oxygens (including phenoxy) is 1. The molecule has 1 aliphatic rings. The van der Waals surface area contributed by atoms with Crippen LogP contribution in [0, 0.1) is 5.82 Å². The molecule has 0 fully saturated rings. The van der Waals surface area contributed by atoms with E-state index in [2.05, 4.69) is 20.5 Å². The zero-order valence-corrected chi connectivity index (χ0v) is 12.9. The van der Waals surface area contributed by atoms with Crippen LogP contribution in [-0.4, -0.2) is 33.0 Å². The Labute approximate surface area is 137 Å². The molecule has 0 amide bonds. The molecule has 0 saturated heterocycles. The van der Waals surface area contributed by atoms with Crippen molar-refractivity contribution in [1.82, 2.24) is 20.2 Å². The summed E-state index contributed by atoms with van der Waals surface area (Å²) < 4.78 is 20.1. The van der Waals surface area contributed by atoms with E-state index in [4.69, 9.17) is 4.74 Å². The Balaban J connectivity index is 1.74. The molecule has 2 aromatic carbocycles. The van der Waals surface area contributed by atoms with Crippen molar-refractivity contribution in [3.8, 4) is 5.75 Å². The summed E-state index contributed by atoms with van der Waals surface area (Å²) in [5, 5.41) is 11.7. The molecule has 0 radical (unpaired) electrons. The van der Waals surface area contributed by atoms with E-state index in [-0.39, 0.29) is 11.9 Å². The minimum atomic E-state index is -0.268. The van der Waals surface area contributed by atoms with Crippen LogP contribution in [0.25, 0.3) is 0 Å². The van der Waals surface area contributed by atoms with Crippen molar-refractivity contribution < 1.29 is 9.13 Å². The molecule has 6 nitrogen and oxygen atoms in total. The second kappa shape index (κ2) is 5.84. The van der Waals surface area contributed by atoms with Gasteiger partial charge in [0.1, 0.15) is 11.6 Å². The van der Waals surface area contributed by atoms with Crippen LogP contribution in [0.4, 0.5) is 10.3 Å². The predicted octanol–water partition coefficient (Wildman–Crippen LogP) is 2.93. The lowest BCUT2D eigenvalue weighted by Gasteiger charge is -2.23. The number of methoxy groups -OCH3 is 1. The van der Waals surface area contributed by atoms with Gasteiger partial charge in [-0.2, -0.15) is 0 Å². The summed E-state index contributed by atoms with van der Waals surface area (Å²) in [4.78, 5) is 4.55. The highest BCUT2D eigenvalue weighted by molar-refractivity contribution is 6.02. The van der Waals surface area contributed by atoms with Gasteiger partial charge >= 0.3 is 0 Å². The monoisotopic (exact) mass is 323 g/mol. The first-order chi connectivity index (χ1) is 11.7. The number of hydrogen-bond donors (Lipinski definition) is 0. The van der Waals surface area contributed by atoms with E-state index in [9.17, 15) is 4.39 Å². The smallest absolute Gasteiger partial charge is 0.269 e. The Bertz CT molecular complexity index is 886. The first-order valence-corrected chi connectivity index (χ1v) is 7.50. The number of aliphatic imine (C=N–C) groups is 1. The van der Waals surface area contributed by atoms with Gasteiger partial charge in [0.15, 0.2) is 0 Å². The van der Waals surface area contributed by atoms with E-state index in [1.807, 2.05) is 24.3 Å². The van der Waals surface area contributed by atoms with Gasteiger partial charge in [0.2, 0.25) is 0 Å². The normalized spacial score (nSPS) is 16.4. The quantitative estimate of drug-likeness (QED) is 0.743. The SMILES string of the molecule is COc1ccc(C2=Nc3nnnn3C(c3ccc(F)cc3)C2)cc1. The van der Waals surface area contributed by atoms with Crippen LogP contribution in [0.1, 0.15) is 23.6 Å². The minimum Gasteiger partial charge on any atom is -0.497 e. The van der Waals surface area contributed by atoms with Crippen molar-refractivity contribution in [2.24, 2.45) is 4.99 Å². The van der Waals surface area contributed by atoms with Crippen LogP contribution in [0.3, 0.4) is 0 Å². The lowest BCUT2D eigenvalue weighted by Crippen LogP contribution is -2.21. The van der Waals surface area contributed by atoms with Gasteiger partial charge in [-0.15, -0.1) is 0 Å². The molecule has 1 aromatic heterocycles. The number of aromatic nitrogens is 4. The third kappa shape index (κ3) is 2.54. The number of fused-ring (bicyclic) bond motifs is 1. The van der Waals surface area contributed by atoms with Crippen molar-refractivity contribution in [1.29, 1.82) is 0 Å². The van der Waals surface area contributed by atoms with E-state index >= 15 is 0 Å². The zero-order valence-electron chi connectivity index (χ0n) is 12.9. The first kappa shape index (κ1) is 14.5. The molecule has 0 aliphatic carbocycles. The van der Waals surface area contributed by atoms with Crippen LogP contribution in [-0.2, 0) is 0 Å². The summed E-state index contributed by atoms with van der Waals surface area (Å²) in [6.07, 6.45) is 0.621. The molecule has 2 heterocycles. The molecule has 120 valence electrons. The summed E-state index contributed by atoms with van der Waals surface area (Å²) in [6, 6.07) is 14.0. The summed E-state index contributed by atoms with van der Waals surface area (Å²) in [7, 11) is 1.63. The summed E-state index contributed by atoms with van der Waals surface area (Å²) in [6.45, 7) is 0. The Kier molecular flexibility index (Phi) is 3.53. The van der Waals surface area contributed by atoms with Crippen LogP contribution in [0.15, 0.2) is 53.5 Å². The molecule has 1 unspecified atom stereocenters. The maximum absolute atomic E-state index is 13.2. The minimum absolute atomic E-state index is 0.120. The van der Waals surface area contributed by atoms with E-state index in [0.717, 1.165) is 22.6 Å². The van der Waals surface area contributed by atoms with Gasteiger partial charge in [0.25, 0.3) is 5.95 Å². The zero-order chi connectivity index (χ0) is 16.5. The average molecular weight is 323 g/mol. The maximum atomic E-state index is 13.2. The van der Waals surface area contributed by atoms with Gasteiger partial charge in [-0.25, -0.2) is 14.1 Å². The van der Waals surface area contributed by atoms with Crippen LogP contribution in [0.5, 0.6) is 5.75 Å². The molecule has 0 N–H and O–H groups in total. The average Bonchev–Trinajstić information content (AvgIpc) is 3.10.